The van der Waals surface area contributed by atoms with E-state index in [0.29, 0.717) is 5.92 Å². The number of benzodiazepines with no additional fused rings is 1. The largest absolute Gasteiger partial charge is 0.322 e. The molecule has 0 spiro atoms. The number of anilines is 1. The summed E-state index contributed by atoms with van der Waals surface area (Å²) in [6.07, 6.45) is 0.01000. The number of hydrogen-bond donors (Lipinski definition) is 2. The van der Waals surface area contributed by atoms with Crippen molar-refractivity contribution in [1.29, 1.82) is 0 Å². The Labute approximate surface area is 101 Å². The van der Waals surface area contributed by atoms with Gasteiger partial charge in [0.2, 0.25) is 0 Å². The van der Waals surface area contributed by atoms with Crippen LogP contribution in [0.4, 0.5) is 5.69 Å². The van der Waals surface area contributed by atoms with Gasteiger partial charge in [-0.05, 0) is 18.4 Å². The summed E-state index contributed by atoms with van der Waals surface area (Å²) in [7, 11) is 0. The topological polar surface area (TPSA) is 67.5 Å². The number of nitrogens with one attached hydrogen (secondary N) is 1. The summed E-state index contributed by atoms with van der Waals surface area (Å²) in [4.78, 5) is 16.0. The van der Waals surface area contributed by atoms with Gasteiger partial charge in [-0.1, -0.05) is 32.0 Å². The second-order valence-corrected chi connectivity index (χ2v) is 4.65. The first-order valence-electron chi connectivity index (χ1n) is 5.80. The van der Waals surface area contributed by atoms with Gasteiger partial charge < -0.3 is 11.1 Å². The fourth-order valence-corrected chi connectivity index (χ4v) is 1.90. The van der Waals surface area contributed by atoms with Crippen LogP contribution in [-0.4, -0.2) is 17.8 Å². The molecule has 0 aliphatic carbocycles. The molecule has 3 N–H and O–H groups in total. The van der Waals surface area contributed by atoms with Gasteiger partial charge in [0, 0.05) is 17.0 Å². The lowest BCUT2D eigenvalue weighted by Gasteiger charge is -2.10. The van der Waals surface area contributed by atoms with E-state index in [1.165, 1.54) is 0 Å². The van der Waals surface area contributed by atoms with Crippen molar-refractivity contribution >= 4 is 17.3 Å². The van der Waals surface area contributed by atoms with Gasteiger partial charge in [-0.25, -0.2) is 0 Å². The second-order valence-electron chi connectivity index (χ2n) is 4.65. The van der Waals surface area contributed by atoms with Gasteiger partial charge in [-0.15, -0.1) is 0 Å². The minimum Gasteiger partial charge on any atom is -0.322 e. The van der Waals surface area contributed by atoms with Crippen LogP contribution in [0.2, 0.25) is 0 Å². The first-order chi connectivity index (χ1) is 8.08. The average molecular weight is 231 g/mol. The summed E-state index contributed by atoms with van der Waals surface area (Å²) in [6, 6.07) is 7.68. The van der Waals surface area contributed by atoms with E-state index >= 15 is 0 Å². The van der Waals surface area contributed by atoms with Crippen LogP contribution in [0.15, 0.2) is 29.3 Å². The van der Waals surface area contributed by atoms with Gasteiger partial charge in [0.25, 0.3) is 5.91 Å². The lowest BCUT2D eigenvalue weighted by molar-refractivity contribution is -0.117. The summed E-state index contributed by atoms with van der Waals surface area (Å²) in [5.74, 6) is 0.221. The molecule has 4 heteroatoms. The quantitative estimate of drug-likeness (QED) is 0.814. The smallest absolute Gasteiger partial charge is 0.263 e. The number of aliphatic imine (C=N–C) groups is 1. The number of hydrogen-bond acceptors (Lipinski definition) is 3. The van der Waals surface area contributed by atoms with Gasteiger partial charge in [0.1, 0.15) is 0 Å². The van der Waals surface area contributed by atoms with Crippen LogP contribution in [0.25, 0.3) is 0 Å². The van der Waals surface area contributed by atoms with E-state index in [1.807, 2.05) is 24.3 Å². The van der Waals surface area contributed by atoms with Crippen LogP contribution in [0.1, 0.15) is 25.8 Å². The number of rotatable bonds is 2. The first kappa shape index (κ1) is 11.8. The van der Waals surface area contributed by atoms with Gasteiger partial charge >= 0.3 is 0 Å². The monoisotopic (exact) mass is 231 g/mol. The Balaban J connectivity index is 2.46. The normalized spacial score (nSPS) is 19.4. The highest BCUT2D eigenvalue weighted by molar-refractivity contribution is 6.11. The van der Waals surface area contributed by atoms with Crippen molar-refractivity contribution in [3.05, 3.63) is 29.8 Å². The third-order valence-corrected chi connectivity index (χ3v) is 2.66. The molecule has 2 rings (SSSR count). The van der Waals surface area contributed by atoms with Crippen LogP contribution >= 0.6 is 0 Å². The number of carbonyl (C=O) groups excluding carboxylic acids is 1. The number of nitrogens with two attached hydrogens (primary N) is 1. The zero-order valence-corrected chi connectivity index (χ0v) is 10.1. The van der Waals surface area contributed by atoms with Crippen LogP contribution in [0.3, 0.4) is 0 Å². The van der Waals surface area contributed by atoms with Crippen molar-refractivity contribution in [2.24, 2.45) is 16.6 Å². The van der Waals surface area contributed by atoms with Crippen LogP contribution < -0.4 is 11.1 Å². The van der Waals surface area contributed by atoms with Crippen molar-refractivity contribution in [3.8, 4) is 0 Å². The van der Waals surface area contributed by atoms with E-state index < -0.39 is 6.17 Å². The summed E-state index contributed by atoms with van der Waals surface area (Å²) in [5.41, 5.74) is 8.40. The van der Waals surface area contributed by atoms with Crippen molar-refractivity contribution in [2.45, 2.75) is 26.4 Å². The SMILES string of the molecule is CC(C)CC1=NC(N)C(=O)Nc2ccccc21. The van der Waals surface area contributed by atoms with Gasteiger partial charge in [-0.2, -0.15) is 0 Å². The van der Waals surface area contributed by atoms with Gasteiger partial charge in [-0.3, -0.25) is 9.79 Å². The maximum absolute atomic E-state index is 11.7. The molecule has 17 heavy (non-hydrogen) atoms. The predicted octanol–water partition coefficient (Wildman–Crippen LogP) is 1.76. The van der Waals surface area contributed by atoms with Crippen molar-refractivity contribution in [3.63, 3.8) is 0 Å². The number of fused-ring (bicyclic) bond motifs is 1. The molecule has 1 aliphatic heterocycles. The molecule has 1 unspecified atom stereocenters. The standard InChI is InChI=1S/C13H17N3O/c1-8(2)7-11-9-5-3-4-6-10(9)16-13(17)12(14)15-11/h3-6,8,12H,7,14H2,1-2H3,(H,16,17). The van der Waals surface area contributed by atoms with E-state index in [-0.39, 0.29) is 5.91 Å². The molecule has 0 saturated heterocycles. The molecule has 1 aromatic carbocycles. The lowest BCUT2D eigenvalue weighted by Crippen LogP contribution is -2.33. The lowest BCUT2D eigenvalue weighted by atomic mass is 9.99. The maximum Gasteiger partial charge on any atom is 0.263 e. The number of amides is 1. The fraction of sp³-hybridized carbons (Fsp3) is 0.385. The zero-order chi connectivity index (χ0) is 12.4. The predicted molar refractivity (Wildman–Crippen MR) is 69.0 cm³/mol. The number of carbonyl (C=O) groups is 1. The second kappa shape index (κ2) is 4.67. The van der Waals surface area contributed by atoms with Crippen LogP contribution in [0, 0.1) is 5.92 Å². The van der Waals surface area contributed by atoms with E-state index in [0.717, 1.165) is 23.4 Å². The Bertz CT molecular complexity index is 465. The molecule has 1 heterocycles. The molecular formula is C13H17N3O. The molecule has 0 bridgehead atoms. The fourth-order valence-electron chi connectivity index (χ4n) is 1.90. The van der Waals surface area contributed by atoms with Crippen LogP contribution in [-0.2, 0) is 4.79 Å². The third-order valence-electron chi connectivity index (χ3n) is 2.66. The highest BCUT2D eigenvalue weighted by atomic mass is 16.2. The van der Waals surface area contributed by atoms with Gasteiger partial charge in [0.05, 0.1) is 0 Å². The third kappa shape index (κ3) is 2.53. The average Bonchev–Trinajstić information content (AvgIpc) is 2.38. The Morgan fingerprint density at radius 1 is 1.41 bits per heavy atom. The van der Waals surface area contributed by atoms with E-state index in [1.54, 1.807) is 0 Å². The number of benzene rings is 1. The van der Waals surface area contributed by atoms with Crippen LogP contribution in [0.5, 0.6) is 0 Å². The molecule has 1 aliphatic rings. The molecule has 1 amide bonds. The molecule has 0 fully saturated rings. The number of para-hydroxylation sites is 1. The summed E-state index contributed by atoms with van der Waals surface area (Å²) >= 11 is 0. The van der Waals surface area contributed by atoms with E-state index in [2.05, 4.69) is 24.2 Å². The molecule has 0 aromatic heterocycles. The first-order valence-corrected chi connectivity index (χ1v) is 5.80. The Hall–Kier alpha value is -1.68. The summed E-state index contributed by atoms with van der Waals surface area (Å²) < 4.78 is 0. The molecule has 4 nitrogen and oxygen atoms in total. The number of nitrogens with zero attached hydrogens (tertiary/aromatic N) is 1. The molecule has 1 atom stereocenters. The Kier molecular flexibility index (Phi) is 3.24. The van der Waals surface area contributed by atoms with E-state index in [9.17, 15) is 4.79 Å². The Morgan fingerprint density at radius 3 is 2.82 bits per heavy atom. The molecular weight excluding hydrogens is 214 g/mol. The minimum absolute atomic E-state index is 0.254. The van der Waals surface area contributed by atoms with E-state index in [4.69, 9.17) is 5.73 Å². The summed E-state index contributed by atoms with van der Waals surface area (Å²) in [6.45, 7) is 4.24. The maximum atomic E-state index is 11.7. The minimum atomic E-state index is -0.809. The van der Waals surface area contributed by atoms with Crippen molar-refractivity contribution in [2.75, 3.05) is 5.32 Å². The molecule has 90 valence electrons. The Morgan fingerprint density at radius 2 is 2.12 bits per heavy atom. The molecule has 0 radical (unpaired) electrons. The van der Waals surface area contributed by atoms with Crippen molar-refractivity contribution in [1.82, 2.24) is 0 Å². The van der Waals surface area contributed by atoms with Gasteiger partial charge in [0.15, 0.2) is 6.17 Å². The molecule has 1 aromatic rings. The zero-order valence-electron chi connectivity index (χ0n) is 10.1. The van der Waals surface area contributed by atoms with Crippen molar-refractivity contribution < 1.29 is 4.79 Å². The highest BCUT2D eigenvalue weighted by Crippen LogP contribution is 2.22. The summed E-state index contributed by atoms with van der Waals surface area (Å²) in [5, 5.41) is 2.80. The highest BCUT2D eigenvalue weighted by Gasteiger charge is 2.21. The molecule has 0 saturated carbocycles.